The van der Waals surface area contributed by atoms with Crippen molar-refractivity contribution in [3.05, 3.63) is 22.7 Å². The standard InChI is InChI=1S/C15H22N2O3S/c1-14(2,3)17-8-7-16-12(13(17)19)21-10-15(5-6-15)9-11(18)20-4/h7-8H,5-6,9-10H2,1-4H3. The lowest BCUT2D eigenvalue weighted by atomic mass is 10.1. The molecular formula is C15H22N2O3S. The van der Waals surface area contributed by atoms with Gasteiger partial charge in [0.05, 0.1) is 13.5 Å². The fourth-order valence-corrected chi connectivity index (χ4v) is 3.36. The van der Waals surface area contributed by atoms with Crippen molar-refractivity contribution in [3.63, 3.8) is 0 Å². The lowest BCUT2D eigenvalue weighted by Gasteiger charge is -2.22. The molecule has 0 bridgehead atoms. The molecule has 1 fully saturated rings. The summed E-state index contributed by atoms with van der Waals surface area (Å²) in [6.07, 6.45) is 5.82. The highest BCUT2D eigenvalue weighted by molar-refractivity contribution is 7.99. The first kappa shape index (κ1) is 16.1. The number of rotatable bonds is 5. The SMILES string of the molecule is COC(=O)CC1(CSc2nccn(C(C)(C)C)c2=O)CC1. The molecule has 0 spiro atoms. The lowest BCUT2D eigenvalue weighted by molar-refractivity contribution is -0.141. The summed E-state index contributed by atoms with van der Waals surface area (Å²) in [6.45, 7) is 5.97. The predicted molar refractivity (Wildman–Crippen MR) is 82.5 cm³/mol. The van der Waals surface area contributed by atoms with Crippen LogP contribution in [0.4, 0.5) is 0 Å². The van der Waals surface area contributed by atoms with E-state index in [-0.39, 0.29) is 22.5 Å². The van der Waals surface area contributed by atoms with Crippen LogP contribution >= 0.6 is 11.8 Å². The van der Waals surface area contributed by atoms with E-state index in [1.165, 1.54) is 18.9 Å². The molecule has 0 N–H and O–H groups in total. The van der Waals surface area contributed by atoms with Gasteiger partial charge in [-0.1, -0.05) is 0 Å². The molecule has 21 heavy (non-hydrogen) atoms. The second-order valence-electron chi connectivity index (χ2n) is 6.62. The first-order chi connectivity index (χ1) is 9.77. The summed E-state index contributed by atoms with van der Waals surface area (Å²) < 4.78 is 6.43. The van der Waals surface area contributed by atoms with Crippen LogP contribution in [0.5, 0.6) is 0 Å². The Labute approximate surface area is 129 Å². The van der Waals surface area contributed by atoms with Gasteiger partial charge in [-0.3, -0.25) is 9.59 Å². The highest BCUT2D eigenvalue weighted by atomic mass is 32.2. The van der Waals surface area contributed by atoms with E-state index in [0.717, 1.165) is 18.6 Å². The number of carbonyl (C=O) groups is 1. The van der Waals surface area contributed by atoms with Crippen LogP contribution in [-0.4, -0.2) is 28.4 Å². The summed E-state index contributed by atoms with van der Waals surface area (Å²) in [6, 6.07) is 0. The van der Waals surface area contributed by atoms with Crippen molar-refractivity contribution in [1.82, 2.24) is 9.55 Å². The summed E-state index contributed by atoms with van der Waals surface area (Å²) in [5, 5.41) is 0.503. The minimum Gasteiger partial charge on any atom is -0.469 e. The van der Waals surface area contributed by atoms with Gasteiger partial charge in [0.15, 0.2) is 5.03 Å². The molecular weight excluding hydrogens is 288 g/mol. The molecule has 0 atom stereocenters. The normalized spacial score (nSPS) is 16.6. The maximum atomic E-state index is 12.4. The fourth-order valence-electron chi connectivity index (χ4n) is 2.17. The molecule has 1 aliphatic rings. The molecule has 2 rings (SSSR count). The van der Waals surface area contributed by atoms with E-state index in [2.05, 4.69) is 4.98 Å². The highest BCUT2D eigenvalue weighted by Crippen LogP contribution is 2.51. The summed E-state index contributed by atoms with van der Waals surface area (Å²) in [5.41, 5.74) is -0.337. The number of nitrogens with zero attached hydrogens (tertiary/aromatic N) is 2. The smallest absolute Gasteiger partial charge is 0.306 e. The topological polar surface area (TPSA) is 61.2 Å². The monoisotopic (exact) mass is 310 g/mol. The maximum absolute atomic E-state index is 12.4. The molecule has 6 heteroatoms. The molecule has 0 aliphatic heterocycles. The van der Waals surface area contributed by atoms with Crippen molar-refractivity contribution in [2.45, 2.75) is 50.6 Å². The van der Waals surface area contributed by atoms with Gasteiger partial charge >= 0.3 is 5.97 Å². The summed E-state index contributed by atoms with van der Waals surface area (Å²) in [4.78, 5) is 28.0. The lowest BCUT2D eigenvalue weighted by Crippen LogP contribution is -2.34. The van der Waals surface area contributed by atoms with Crippen molar-refractivity contribution >= 4 is 17.7 Å². The van der Waals surface area contributed by atoms with Crippen LogP contribution in [0.3, 0.4) is 0 Å². The van der Waals surface area contributed by atoms with Crippen LogP contribution < -0.4 is 5.56 Å². The van der Waals surface area contributed by atoms with Crippen LogP contribution in [0.15, 0.2) is 22.2 Å². The van der Waals surface area contributed by atoms with Crippen LogP contribution in [0, 0.1) is 5.41 Å². The highest BCUT2D eigenvalue weighted by Gasteiger charge is 2.44. The number of esters is 1. The van der Waals surface area contributed by atoms with Crippen molar-refractivity contribution in [2.75, 3.05) is 12.9 Å². The number of hydrogen-bond acceptors (Lipinski definition) is 5. The van der Waals surface area contributed by atoms with Crippen molar-refractivity contribution in [1.29, 1.82) is 0 Å². The molecule has 1 aromatic heterocycles. The average molecular weight is 310 g/mol. The zero-order valence-electron chi connectivity index (χ0n) is 13.0. The second-order valence-corrected chi connectivity index (χ2v) is 7.58. The van der Waals surface area contributed by atoms with Gasteiger partial charge in [0, 0.05) is 23.7 Å². The number of thioether (sulfide) groups is 1. The summed E-state index contributed by atoms with van der Waals surface area (Å²) >= 11 is 1.45. The van der Waals surface area contributed by atoms with Crippen LogP contribution in [0.25, 0.3) is 0 Å². The van der Waals surface area contributed by atoms with Crippen LogP contribution in [0.2, 0.25) is 0 Å². The zero-order chi connectivity index (χ0) is 15.7. The maximum Gasteiger partial charge on any atom is 0.306 e. The van der Waals surface area contributed by atoms with Gasteiger partial charge in [0.25, 0.3) is 5.56 Å². The first-order valence-corrected chi connectivity index (χ1v) is 8.04. The summed E-state index contributed by atoms with van der Waals surface area (Å²) in [7, 11) is 1.41. The molecule has 0 unspecified atom stereocenters. The zero-order valence-corrected chi connectivity index (χ0v) is 13.8. The van der Waals surface area contributed by atoms with Gasteiger partial charge < -0.3 is 9.30 Å². The van der Waals surface area contributed by atoms with E-state index in [4.69, 9.17) is 4.74 Å². The Bertz CT molecular complexity index is 585. The Hall–Kier alpha value is -1.30. The van der Waals surface area contributed by atoms with Gasteiger partial charge in [-0.15, -0.1) is 11.8 Å². The largest absolute Gasteiger partial charge is 0.469 e. The number of methoxy groups -OCH3 is 1. The Morgan fingerprint density at radius 1 is 1.48 bits per heavy atom. The number of aromatic nitrogens is 2. The van der Waals surface area contributed by atoms with E-state index in [1.54, 1.807) is 17.0 Å². The molecule has 116 valence electrons. The molecule has 1 aromatic rings. The van der Waals surface area contributed by atoms with Gasteiger partial charge in [0.1, 0.15) is 0 Å². The second kappa shape index (κ2) is 5.83. The number of carbonyl (C=O) groups excluding carboxylic acids is 1. The minimum absolute atomic E-state index is 0.00567. The van der Waals surface area contributed by atoms with E-state index < -0.39 is 0 Å². The van der Waals surface area contributed by atoms with Gasteiger partial charge in [-0.05, 0) is 39.0 Å². The third kappa shape index (κ3) is 3.87. The Morgan fingerprint density at radius 3 is 2.67 bits per heavy atom. The van der Waals surface area contributed by atoms with Crippen molar-refractivity contribution < 1.29 is 9.53 Å². The molecule has 1 aliphatic carbocycles. The fraction of sp³-hybridized carbons (Fsp3) is 0.667. The summed E-state index contributed by atoms with van der Waals surface area (Å²) in [5.74, 6) is 0.555. The van der Waals surface area contributed by atoms with E-state index in [1.807, 2.05) is 20.8 Å². The third-order valence-corrected chi connectivity index (χ3v) is 5.06. The molecule has 0 amide bonds. The first-order valence-electron chi connectivity index (χ1n) is 7.05. The van der Waals surface area contributed by atoms with E-state index in [0.29, 0.717) is 11.4 Å². The van der Waals surface area contributed by atoms with Crippen molar-refractivity contribution in [3.8, 4) is 0 Å². The van der Waals surface area contributed by atoms with E-state index >= 15 is 0 Å². The molecule has 1 saturated carbocycles. The van der Waals surface area contributed by atoms with Crippen molar-refractivity contribution in [2.24, 2.45) is 5.41 Å². The molecule has 1 heterocycles. The van der Waals surface area contributed by atoms with Gasteiger partial charge in [-0.2, -0.15) is 0 Å². The molecule has 0 aromatic carbocycles. The predicted octanol–water partition coefficient (Wildman–Crippen LogP) is 2.43. The van der Waals surface area contributed by atoms with Crippen LogP contribution in [0.1, 0.15) is 40.0 Å². The average Bonchev–Trinajstić information content (AvgIpc) is 3.16. The number of hydrogen-bond donors (Lipinski definition) is 0. The third-order valence-electron chi connectivity index (χ3n) is 3.75. The van der Waals surface area contributed by atoms with Crippen LogP contribution in [-0.2, 0) is 15.1 Å². The Balaban J connectivity index is 2.08. The molecule has 0 radical (unpaired) electrons. The molecule has 0 saturated heterocycles. The minimum atomic E-state index is -0.265. The molecule has 5 nitrogen and oxygen atoms in total. The Kier molecular flexibility index (Phi) is 4.46. The van der Waals surface area contributed by atoms with Gasteiger partial charge in [0.2, 0.25) is 0 Å². The number of ether oxygens (including phenoxy) is 1. The van der Waals surface area contributed by atoms with Gasteiger partial charge in [-0.25, -0.2) is 4.98 Å². The van der Waals surface area contributed by atoms with E-state index in [9.17, 15) is 9.59 Å². The Morgan fingerprint density at radius 2 is 2.14 bits per heavy atom. The quantitative estimate of drug-likeness (QED) is 0.617.